The number of fused-ring (bicyclic) bond motifs is 1. The first-order valence-corrected chi connectivity index (χ1v) is 16.1. The van der Waals surface area contributed by atoms with Gasteiger partial charge in [0.2, 0.25) is 5.91 Å². The number of hydrogen-bond acceptors (Lipinski definition) is 8. The molecule has 214 valence electrons. The topological polar surface area (TPSA) is 94.0 Å². The number of carbonyl (C=O) groups excluding carboxylic acids is 1. The summed E-state index contributed by atoms with van der Waals surface area (Å²) in [5, 5.41) is 4.57. The number of hydrogen-bond donors (Lipinski definition) is 1. The standard InChI is InChI=1S/C29H39N7O3S/c1-21(37)32-10-14-34(15-11-32)27-20-28(31-29-26(27)8-9-36(29)24-18-22(19-24)30-2)35-16-12-33(13-17-35)23-4-6-25(7-5-23)40(3,38)39/h4-9,20,22,24,30H,10-19H2,1-3H3/t22-,24-. The molecule has 0 bridgehead atoms. The summed E-state index contributed by atoms with van der Waals surface area (Å²) >= 11 is 0. The lowest BCUT2D eigenvalue weighted by atomic mass is 9.87. The molecular formula is C29H39N7O3S. The van der Waals surface area contributed by atoms with Gasteiger partial charge in [-0.05, 0) is 50.2 Å². The molecule has 0 atom stereocenters. The van der Waals surface area contributed by atoms with Gasteiger partial charge in [0.1, 0.15) is 11.5 Å². The molecule has 2 aromatic heterocycles. The number of piperazine rings is 2. The summed E-state index contributed by atoms with van der Waals surface area (Å²) in [5.74, 6) is 1.13. The maximum absolute atomic E-state index is 11.9. The Morgan fingerprint density at radius 2 is 1.52 bits per heavy atom. The Labute approximate surface area is 236 Å². The number of aromatic nitrogens is 2. The number of amides is 1. The summed E-state index contributed by atoms with van der Waals surface area (Å²) in [6, 6.07) is 12.7. The van der Waals surface area contributed by atoms with E-state index in [0.717, 1.165) is 82.4 Å². The van der Waals surface area contributed by atoms with Gasteiger partial charge in [0.25, 0.3) is 0 Å². The molecule has 1 N–H and O–H groups in total. The highest BCUT2D eigenvalue weighted by Crippen LogP contribution is 2.38. The van der Waals surface area contributed by atoms with E-state index in [1.54, 1.807) is 19.1 Å². The molecule has 4 heterocycles. The van der Waals surface area contributed by atoms with E-state index in [1.165, 1.54) is 17.3 Å². The first-order chi connectivity index (χ1) is 19.2. The highest BCUT2D eigenvalue weighted by molar-refractivity contribution is 7.90. The highest BCUT2D eigenvalue weighted by Gasteiger charge is 2.31. The molecular weight excluding hydrogens is 526 g/mol. The third kappa shape index (κ3) is 5.12. The minimum Gasteiger partial charge on any atom is -0.368 e. The maximum atomic E-state index is 11.9. The van der Waals surface area contributed by atoms with Crippen molar-refractivity contribution in [2.24, 2.45) is 0 Å². The number of rotatable bonds is 6. The number of pyridine rings is 1. The molecule has 0 spiro atoms. The Hall–Kier alpha value is -3.31. The third-order valence-corrected chi connectivity index (χ3v) is 9.99. The van der Waals surface area contributed by atoms with Gasteiger partial charge >= 0.3 is 0 Å². The van der Waals surface area contributed by atoms with Crippen LogP contribution in [0.1, 0.15) is 25.8 Å². The summed E-state index contributed by atoms with van der Waals surface area (Å²) in [6.45, 7) is 8.06. The van der Waals surface area contributed by atoms with E-state index >= 15 is 0 Å². The van der Waals surface area contributed by atoms with Crippen molar-refractivity contribution in [3.8, 4) is 0 Å². The number of nitrogens with zero attached hydrogens (tertiary/aromatic N) is 6. The molecule has 1 amide bonds. The predicted molar refractivity (Wildman–Crippen MR) is 159 cm³/mol. The number of sulfone groups is 1. The summed E-state index contributed by atoms with van der Waals surface area (Å²) < 4.78 is 26.1. The van der Waals surface area contributed by atoms with E-state index in [9.17, 15) is 13.2 Å². The average molecular weight is 566 g/mol. The Morgan fingerprint density at radius 1 is 0.900 bits per heavy atom. The molecule has 1 aliphatic carbocycles. The van der Waals surface area contributed by atoms with Crippen molar-refractivity contribution in [3.63, 3.8) is 0 Å². The van der Waals surface area contributed by atoms with E-state index in [4.69, 9.17) is 4.98 Å². The van der Waals surface area contributed by atoms with Crippen molar-refractivity contribution < 1.29 is 13.2 Å². The van der Waals surface area contributed by atoms with Gasteiger partial charge in [0, 0.05) is 101 Å². The van der Waals surface area contributed by atoms with Crippen LogP contribution in [0.15, 0.2) is 47.5 Å². The van der Waals surface area contributed by atoms with Crippen LogP contribution in [0, 0.1) is 0 Å². The lowest BCUT2D eigenvalue weighted by Crippen LogP contribution is -2.48. The van der Waals surface area contributed by atoms with Gasteiger partial charge in [-0.1, -0.05) is 0 Å². The van der Waals surface area contributed by atoms with Crippen LogP contribution in [0.2, 0.25) is 0 Å². The molecule has 2 saturated heterocycles. The molecule has 3 aromatic rings. The monoisotopic (exact) mass is 565 g/mol. The van der Waals surface area contributed by atoms with E-state index < -0.39 is 9.84 Å². The quantitative estimate of drug-likeness (QED) is 0.487. The largest absolute Gasteiger partial charge is 0.368 e. The predicted octanol–water partition coefficient (Wildman–Crippen LogP) is 2.36. The first-order valence-electron chi connectivity index (χ1n) is 14.2. The van der Waals surface area contributed by atoms with Gasteiger partial charge in [-0.2, -0.15) is 0 Å². The first kappa shape index (κ1) is 26.9. The SMILES string of the molecule is CN[C@H]1C[C@H](n2ccc3c(N4CCN(C(C)=O)CC4)cc(N4CCN(c5ccc(S(C)(=O)=O)cc5)CC4)nc32)C1. The van der Waals surface area contributed by atoms with Crippen LogP contribution in [-0.4, -0.2) is 100 Å². The van der Waals surface area contributed by atoms with Crippen molar-refractivity contribution in [1.82, 2.24) is 19.8 Å². The molecule has 0 unspecified atom stereocenters. The van der Waals surface area contributed by atoms with Crippen LogP contribution < -0.4 is 20.0 Å². The number of anilines is 3. The second-order valence-electron chi connectivity index (χ2n) is 11.3. The summed E-state index contributed by atoms with van der Waals surface area (Å²) in [5.41, 5.74) is 3.28. The Bertz CT molecular complexity index is 1480. The maximum Gasteiger partial charge on any atom is 0.219 e. The van der Waals surface area contributed by atoms with E-state index in [1.807, 2.05) is 24.1 Å². The molecule has 11 heteroatoms. The number of carbonyl (C=O) groups is 1. The van der Waals surface area contributed by atoms with E-state index in [0.29, 0.717) is 17.0 Å². The fourth-order valence-corrected chi connectivity index (χ4v) is 6.86. The minimum atomic E-state index is -3.21. The zero-order valence-corrected chi connectivity index (χ0v) is 24.4. The van der Waals surface area contributed by atoms with E-state index in [-0.39, 0.29) is 5.91 Å². The molecule has 10 nitrogen and oxygen atoms in total. The Morgan fingerprint density at radius 3 is 2.12 bits per heavy atom. The second kappa shape index (κ2) is 10.6. The van der Waals surface area contributed by atoms with Crippen molar-refractivity contribution in [3.05, 3.63) is 42.6 Å². The van der Waals surface area contributed by atoms with Gasteiger partial charge in [0.05, 0.1) is 10.6 Å². The van der Waals surface area contributed by atoms with Gasteiger partial charge < -0.3 is 29.5 Å². The molecule has 2 aliphatic heterocycles. The fraction of sp³-hybridized carbons (Fsp3) is 0.517. The van der Waals surface area contributed by atoms with Crippen LogP contribution in [0.4, 0.5) is 17.2 Å². The third-order valence-electron chi connectivity index (χ3n) is 8.86. The molecule has 3 fully saturated rings. The van der Waals surface area contributed by atoms with E-state index in [2.05, 4.69) is 42.9 Å². The molecule has 40 heavy (non-hydrogen) atoms. The summed E-state index contributed by atoms with van der Waals surface area (Å²) in [7, 11) is -1.17. The molecule has 6 rings (SSSR count). The Kier molecular flexibility index (Phi) is 7.12. The molecule has 0 radical (unpaired) electrons. The van der Waals surface area contributed by atoms with Crippen LogP contribution >= 0.6 is 0 Å². The molecule has 1 saturated carbocycles. The lowest BCUT2D eigenvalue weighted by Gasteiger charge is -2.39. The van der Waals surface area contributed by atoms with Crippen LogP contribution in [0.3, 0.4) is 0 Å². The minimum absolute atomic E-state index is 0.138. The van der Waals surface area contributed by atoms with Crippen molar-refractivity contribution >= 4 is 44.0 Å². The Balaban J connectivity index is 1.25. The molecule has 3 aliphatic rings. The number of benzene rings is 1. The lowest BCUT2D eigenvalue weighted by molar-refractivity contribution is -0.129. The van der Waals surface area contributed by atoms with Gasteiger partial charge in [-0.15, -0.1) is 0 Å². The van der Waals surface area contributed by atoms with Crippen molar-refractivity contribution in [2.45, 2.75) is 36.7 Å². The zero-order valence-electron chi connectivity index (χ0n) is 23.6. The van der Waals surface area contributed by atoms with Crippen LogP contribution in [-0.2, 0) is 14.6 Å². The van der Waals surface area contributed by atoms with Crippen molar-refractivity contribution in [2.75, 3.05) is 80.4 Å². The fourth-order valence-electron chi connectivity index (χ4n) is 6.23. The molecule has 1 aromatic carbocycles. The van der Waals surface area contributed by atoms with Gasteiger partial charge in [0.15, 0.2) is 9.84 Å². The van der Waals surface area contributed by atoms with Crippen LogP contribution in [0.25, 0.3) is 11.0 Å². The average Bonchev–Trinajstić information content (AvgIpc) is 3.35. The van der Waals surface area contributed by atoms with Crippen LogP contribution in [0.5, 0.6) is 0 Å². The van der Waals surface area contributed by atoms with Crippen molar-refractivity contribution in [1.29, 1.82) is 0 Å². The highest BCUT2D eigenvalue weighted by atomic mass is 32.2. The second-order valence-corrected chi connectivity index (χ2v) is 13.3. The van der Waals surface area contributed by atoms with Gasteiger partial charge in [-0.3, -0.25) is 4.79 Å². The number of nitrogens with one attached hydrogen (secondary N) is 1. The summed E-state index contributed by atoms with van der Waals surface area (Å²) in [4.78, 5) is 26.5. The smallest absolute Gasteiger partial charge is 0.219 e. The zero-order chi connectivity index (χ0) is 28.0. The summed E-state index contributed by atoms with van der Waals surface area (Å²) in [6.07, 6.45) is 5.65. The van der Waals surface area contributed by atoms with Gasteiger partial charge in [-0.25, -0.2) is 13.4 Å². The normalized spacial score (nSPS) is 22.1.